The van der Waals surface area contributed by atoms with Crippen molar-refractivity contribution < 1.29 is 23.0 Å². The molecule has 0 aliphatic carbocycles. The topological polar surface area (TPSA) is 104 Å². The van der Waals surface area contributed by atoms with E-state index in [0.717, 1.165) is 5.56 Å². The summed E-state index contributed by atoms with van der Waals surface area (Å²) in [6.45, 7) is 1.20. The maximum atomic E-state index is 12.3. The van der Waals surface area contributed by atoms with E-state index in [1.165, 1.54) is 11.8 Å². The molecule has 0 bridgehead atoms. The summed E-state index contributed by atoms with van der Waals surface area (Å²) >= 11 is 6.03. The highest BCUT2D eigenvalue weighted by Gasteiger charge is 2.23. The van der Waals surface area contributed by atoms with Crippen molar-refractivity contribution in [2.75, 3.05) is 25.6 Å². The SMILES string of the molecule is COC(=O)c1nn(CCOCC(F)F)c2c(Nc3cc(C)ccn3)nc(Cl)nc12. The van der Waals surface area contributed by atoms with E-state index in [1.807, 2.05) is 13.0 Å². The maximum Gasteiger partial charge on any atom is 0.360 e. The number of hydrogen-bond acceptors (Lipinski definition) is 8. The van der Waals surface area contributed by atoms with Crippen LogP contribution < -0.4 is 5.32 Å². The number of aryl methyl sites for hydroxylation is 1. The van der Waals surface area contributed by atoms with Gasteiger partial charge in [-0.3, -0.25) is 4.68 Å². The Morgan fingerprint density at radius 2 is 2.17 bits per heavy atom. The van der Waals surface area contributed by atoms with Crippen LogP contribution in [0.2, 0.25) is 5.28 Å². The molecule has 3 rings (SSSR count). The van der Waals surface area contributed by atoms with Crippen molar-refractivity contribution >= 4 is 40.2 Å². The molecule has 1 N–H and O–H groups in total. The number of pyridine rings is 1. The molecule has 0 atom stereocenters. The molecule has 0 radical (unpaired) electrons. The second-order valence-electron chi connectivity index (χ2n) is 5.91. The van der Waals surface area contributed by atoms with E-state index in [1.54, 1.807) is 12.3 Å². The van der Waals surface area contributed by atoms with Gasteiger partial charge in [0.1, 0.15) is 23.5 Å². The zero-order valence-corrected chi connectivity index (χ0v) is 16.3. The standard InChI is InChI=1S/C17H17ClF2N6O3/c1-9-3-4-21-11(7-9)22-15-14-12(23-17(18)24-15)13(16(27)28-2)25-26(14)5-6-29-8-10(19)20/h3-4,7,10H,5-6,8H2,1-2H3,(H,21,22,23,24). The molecule has 0 aliphatic heterocycles. The fraction of sp³-hybridized carbons (Fsp3) is 0.353. The minimum atomic E-state index is -2.58. The van der Waals surface area contributed by atoms with Crippen LogP contribution in [0, 0.1) is 6.92 Å². The van der Waals surface area contributed by atoms with Crippen molar-refractivity contribution in [3.05, 3.63) is 34.9 Å². The van der Waals surface area contributed by atoms with Gasteiger partial charge in [0.15, 0.2) is 11.5 Å². The first-order valence-corrected chi connectivity index (χ1v) is 8.84. The molecule has 3 aromatic rings. The zero-order valence-electron chi connectivity index (χ0n) is 15.5. The molecule has 0 amide bonds. The van der Waals surface area contributed by atoms with Gasteiger partial charge in [-0.1, -0.05) is 0 Å². The van der Waals surface area contributed by atoms with Gasteiger partial charge in [-0.2, -0.15) is 10.1 Å². The lowest BCUT2D eigenvalue weighted by molar-refractivity contribution is 0.0142. The number of methoxy groups -OCH3 is 1. The van der Waals surface area contributed by atoms with Crippen LogP contribution in [-0.2, 0) is 16.0 Å². The third-order valence-electron chi connectivity index (χ3n) is 3.79. The van der Waals surface area contributed by atoms with E-state index in [9.17, 15) is 13.6 Å². The van der Waals surface area contributed by atoms with Crippen LogP contribution in [0.15, 0.2) is 18.3 Å². The van der Waals surface area contributed by atoms with Crippen molar-refractivity contribution in [2.24, 2.45) is 0 Å². The second kappa shape index (κ2) is 9.05. The van der Waals surface area contributed by atoms with Crippen molar-refractivity contribution in [1.82, 2.24) is 24.7 Å². The molecule has 3 aromatic heterocycles. The van der Waals surface area contributed by atoms with Crippen LogP contribution in [0.1, 0.15) is 16.1 Å². The molecule has 29 heavy (non-hydrogen) atoms. The van der Waals surface area contributed by atoms with Gasteiger partial charge in [-0.15, -0.1) is 0 Å². The van der Waals surface area contributed by atoms with Gasteiger partial charge < -0.3 is 14.8 Å². The summed E-state index contributed by atoms with van der Waals surface area (Å²) in [7, 11) is 1.21. The summed E-state index contributed by atoms with van der Waals surface area (Å²) in [4.78, 5) is 24.6. The monoisotopic (exact) mass is 426 g/mol. The van der Waals surface area contributed by atoms with Crippen LogP contribution in [-0.4, -0.2) is 57.5 Å². The lowest BCUT2D eigenvalue weighted by Gasteiger charge is -2.10. The Hall–Kier alpha value is -2.92. The highest BCUT2D eigenvalue weighted by atomic mass is 35.5. The number of alkyl halides is 2. The van der Waals surface area contributed by atoms with E-state index in [-0.39, 0.29) is 35.5 Å². The average molecular weight is 427 g/mol. The number of fused-ring (bicyclic) bond motifs is 1. The van der Waals surface area contributed by atoms with Crippen LogP contribution >= 0.6 is 11.6 Å². The Morgan fingerprint density at radius 1 is 1.38 bits per heavy atom. The number of carbonyl (C=O) groups excluding carboxylic acids is 1. The first kappa shape index (κ1) is 20.8. The molecule has 3 heterocycles. The Balaban J connectivity index is 2.04. The summed E-state index contributed by atoms with van der Waals surface area (Å²) in [5.74, 6) is 0.00800. The fourth-order valence-corrected chi connectivity index (χ4v) is 2.76. The maximum absolute atomic E-state index is 12.3. The molecule has 0 aromatic carbocycles. The zero-order chi connectivity index (χ0) is 21.0. The highest BCUT2D eigenvalue weighted by Crippen LogP contribution is 2.27. The molecule has 9 nitrogen and oxygen atoms in total. The first-order valence-electron chi connectivity index (χ1n) is 8.47. The molecule has 0 unspecified atom stereocenters. The quantitative estimate of drug-likeness (QED) is 0.333. The normalized spacial score (nSPS) is 11.2. The molecule has 0 saturated heterocycles. The average Bonchev–Trinajstić information content (AvgIpc) is 3.03. The predicted molar refractivity (Wildman–Crippen MR) is 101 cm³/mol. The number of nitrogens with one attached hydrogen (secondary N) is 1. The Kier molecular flexibility index (Phi) is 6.49. The van der Waals surface area contributed by atoms with Crippen molar-refractivity contribution in [2.45, 2.75) is 19.9 Å². The lowest BCUT2D eigenvalue weighted by Crippen LogP contribution is -2.13. The third-order valence-corrected chi connectivity index (χ3v) is 3.96. The van der Waals surface area contributed by atoms with Crippen molar-refractivity contribution in [1.29, 1.82) is 0 Å². The van der Waals surface area contributed by atoms with Crippen LogP contribution in [0.3, 0.4) is 0 Å². The number of anilines is 2. The third kappa shape index (κ3) is 4.93. The van der Waals surface area contributed by atoms with Crippen molar-refractivity contribution in [3.8, 4) is 0 Å². The number of hydrogen-bond donors (Lipinski definition) is 1. The molecular weight excluding hydrogens is 410 g/mol. The van der Waals surface area contributed by atoms with Crippen LogP contribution in [0.5, 0.6) is 0 Å². The number of halogens is 3. The molecule has 0 aliphatic rings. The Bertz CT molecular complexity index is 1030. The fourth-order valence-electron chi connectivity index (χ4n) is 2.59. The van der Waals surface area contributed by atoms with Gasteiger partial charge in [0.2, 0.25) is 5.28 Å². The van der Waals surface area contributed by atoms with Crippen LogP contribution in [0.25, 0.3) is 11.0 Å². The van der Waals surface area contributed by atoms with Gasteiger partial charge in [-0.25, -0.2) is 23.5 Å². The number of carbonyl (C=O) groups is 1. The largest absolute Gasteiger partial charge is 0.464 e. The smallest absolute Gasteiger partial charge is 0.360 e. The molecule has 0 fully saturated rings. The van der Waals surface area contributed by atoms with Gasteiger partial charge in [0.25, 0.3) is 6.43 Å². The highest BCUT2D eigenvalue weighted by molar-refractivity contribution is 6.29. The van der Waals surface area contributed by atoms with E-state index < -0.39 is 19.0 Å². The Labute approximate surface area is 169 Å². The second-order valence-corrected chi connectivity index (χ2v) is 6.25. The van der Waals surface area contributed by atoms with Gasteiger partial charge in [0.05, 0.1) is 20.3 Å². The molecule has 154 valence electrons. The summed E-state index contributed by atoms with van der Waals surface area (Å²) in [5, 5.41) is 7.10. The minimum Gasteiger partial charge on any atom is -0.464 e. The summed E-state index contributed by atoms with van der Waals surface area (Å²) in [6.07, 6.45) is -0.964. The van der Waals surface area contributed by atoms with Crippen molar-refractivity contribution in [3.63, 3.8) is 0 Å². The van der Waals surface area contributed by atoms with Gasteiger partial charge in [0, 0.05) is 6.20 Å². The minimum absolute atomic E-state index is 0.0630. The number of esters is 1. The number of aromatic nitrogens is 5. The first-order chi connectivity index (χ1) is 13.9. The van der Waals surface area contributed by atoms with E-state index >= 15 is 0 Å². The van der Waals surface area contributed by atoms with E-state index in [4.69, 9.17) is 21.1 Å². The molecule has 0 saturated carbocycles. The summed E-state index contributed by atoms with van der Waals surface area (Å²) < 4.78 is 35.6. The summed E-state index contributed by atoms with van der Waals surface area (Å²) in [5.41, 5.74) is 1.36. The molecule has 0 spiro atoms. The van der Waals surface area contributed by atoms with E-state index in [2.05, 4.69) is 25.4 Å². The van der Waals surface area contributed by atoms with E-state index in [0.29, 0.717) is 11.3 Å². The van der Waals surface area contributed by atoms with Gasteiger partial charge in [-0.05, 0) is 36.2 Å². The predicted octanol–water partition coefficient (Wildman–Crippen LogP) is 3.00. The number of rotatable bonds is 8. The lowest BCUT2D eigenvalue weighted by atomic mass is 10.3. The molecule has 12 heteroatoms. The van der Waals surface area contributed by atoms with Crippen LogP contribution in [0.4, 0.5) is 20.4 Å². The molecular formula is C17H17ClF2N6O3. The summed E-state index contributed by atoms with van der Waals surface area (Å²) in [6, 6.07) is 3.61. The number of ether oxygens (including phenoxy) is 2. The van der Waals surface area contributed by atoms with Gasteiger partial charge >= 0.3 is 5.97 Å². The Morgan fingerprint density at radius 3 is 2.86 bits per heavy atom. The number of nitrogens with zero attached hydrogens (tertiary/aromatic N) is 5.